The van der Waals surface area contributed by atoms with E-state index >= 15 is 0 Å². The number of amides is 1. The summed E-state index contributed by atoms with van der Waals surface area (Å²) in [4.78, 5) is 17.7. The van der Waals surface area contributed by atoms with Crippen molar-refractivity contribution < 1.29 is 9.63 Å². The highest BCUT2D eigenvalue weighted by molar-refractivity contribution is 5.87. The van der Waals surface area contributed by atoms with Crippen LogP contribution in [0.2, 0.25) is 0 Å². The van der Waals surface area contributed by atoms with E-state index in [1.807, 2.05) is 30.3 Å². The van der Waals surface area contributed by atoms with Crippen molar-refractivity contribution >= 4 is 5.91 Å². The number of nitrogens with zero attached hydrogens (tertiary/aromatic N) is 1. The first-order valence-electron chi connectivity index (χ1n) is 6.29. The number of nitrogens with one attached hydrogen (secondary N) is 1. The summed E-state index contributed by atoms with van der Waals surface area (Å²) in [6.07, 6.45) is 1.62. The van der Waals surface area contributed by atoms with Gasteiger partial charge in [0.25, 0.3) is 5.91 Å². The van der Waals surface area contributed by atoms with Crippen LogP contribution in [0.3, 0.4) is 0 Å². The zero-order chi connectivity index (χ0) is 13.0. The highest BCUT2D eigenvalue weighted by Gasteiger charge is 2.43. The minimum absolute atomic E-state index is 0.0395. The molecule has 1 N–H and O–H groups in total. The molecule has 0 radical (unpaired) electrons. The van der Waals surface area contributed by atoms with Crippen LogP contribution in [0, 0.1) is 0 Å². The quantitative estimate of drug-likeness (QED) is 0.820. The van der Waals surface area contributed by atoms with Gasteiger partial charge in [-0.2, -0.15) is 0 Å². The molecule has 0 spiro atoms. The Morgan fingerprint density at radius 3 is 2.44 bits per heavy atom. The van der Waals surface area contributed by atoms with Crippen molar-refractivity contribution in [1.82, 2.24) is 10.4 Å². The van der Waals surface area contributed by atoms with Gasteiger partial charge in [-0.15, -0.1) is 0 Å². The Morgan fingerprint density at radius 1 is 1.28 bits per heavy atom. The van der Waals surface area contributed by atoms with Crippen molar-refractivity contribution in [3.8, 4) is 0 Å². The van der Waals surface area contributed by atoms with E-state index in [4.69, 9.17) is 4.84 Å². The second kappa shape index (κ2) is 5.50. The fraction of sp³-hybridized carbons (Fsp3) is 0.500. The SMILES string of the molecule is CON(C)C(=O)C1(c2ccccc2)CCNCC1. The van der Waals surface area contributed by atoms with Crippen molar-refractivity contribution in [2.45, 2.75) is 18.3 Å². The Hall–Kier alpha value is -1.39. The lowest BCUT2D eigenvalue weighted by Gasteiger charge is -2.38. The van der Waals surface area contributed by atoms with E-state index in [9.17, 15) is 4.79 Å². The zero-order valence-electron chi connectivity index (χ0n) is 11.0. The van der Waals surface area contributed by atoms with Crippen LogP contribution in [0.4, 0.5) is 0 Å². The number of rotatable bonds is 3. The zero-order valence-corrected chi connectivity index (χ0v) is 11.0. The van der Waals surface area contributed by atoms with Gasteiger partial charge in [-0.1, -0.05) is 30.3 Å². The second-order valence-corrected chi connectivity index (χ2v) is 4.68. The highest BCUT2D eigenvalue weighted by atomic mass is 16.7. The largest absolute Gasteiger partial charge is 0.317 e. The first kappa shape index (κ1) is 13.1. The van der Waals surface area contributed by atoms with Gasteiger partial charge in [0.2, 0.25) is 0 Å². The summed E-state index contributed by atoms with van der Waals surface area (Å²) < 4.78 is 0. The van der Waals surface area contributed by atoms with Crippen molar-refractivity contribution in [3.63, 3.8) is 0 Å². The topological polar surface area (TPSA) is 41.6 Å². The summed E-state index contributed by atoms with van der Waals surface area (Å²) in [6.45, 7) is 1.72. The maximum absolute atomic E-state index is 12.6. The molecule has 0 bridgehead atoms. The van der Waals surface area contributed by atoms with Gasteiger partial charge in [0.15, 0.2) is 0 Å². The van der Waals surface area contributed by atoms with Crippen LogP contribution in [0.5, 0.6) is 0 Å². The molecule has 18 heavy (non-hydrogen) atoms. The van der Waals surface area contributed by atoms with Crippen LogP contribution < -0.4 is 5.32 Å². The third-order valence-electron chi connectivity index (χ3n) is 3.75. The number of benzene rings is 1. The molecular formula is C14H20N2O2. The van der Waals surface area contributed by atoms with Gasteiger partial charge in [0, 0.05) is 7.05 Å². The predicted molar refractivity (Wildman–Crippen MR) is 70.0 cm³/mol. The number of likely N-dealkylation sites (N-methyl/N-ethyl adjacent to an activating group) is 1. The fourth-order valence-corrected chi connectivity index (χ4v) is 2.62. The van der Waals surface area contributed by atoms with Gasteiger partial charge in [0.05, 0.1) is 12.5 Å². The van der Waals surface area contributed by atoms with Crippen LogP contribution in [0.25, 0.3) is 0 Å². The number of hydrogen-bond acceptors (Lipinski definition) is 3. The van der Waals surface area contributed by atoms with Crippen LogP contribution >= 0.6 is 0 Å². The third kappa shape index (κ3) is 2.26. The minimum Gasteiger partial charge on any atom is -0.317 e. The first-order valence-corrected chi connectivity index (χ1v) is 6.29. The summed E-state index contributed by atoms with van der Waals surface area (Å²) >= 11 is 0. The molecule has 4 nitrogen and oxygen atoms in total. The minimum atomic E-state index is -0.447. The maximum Gasteiger partial charge on any atom is 0.256 e. The maximum atomic E-state index is 12.6. The molecule has 0 saturated carbocycles. The monoisotopic (exact) mass is 248 g/mol. The average Bonchev–Trinajstić information content (AvgIpc) is 2.47. The van der Waals surface area contributed by atoms with Gasteiger partial charge >= 0.3 is 0 Å². The lowest BCUT2D eigenvalue weighted by molar-refractivity contribution is -0.176. The van der Waals surface area contributed by atoms with E-state index in [2.05, 4.69) is 5.32 Å². The highest BCUT2D eigenvalue weighted by Crippen LogP contribution is 2.35. The molecule has 0 unspecified atom stereocenters. The van der Waals surface area contributed by atoms with E-state index in [-0.39, 0.29) is 5.91 Å². The summed E-state index contributed by atoms with van der Waals surface area (Å²) in [5.41, 5.74) is 0.637. The molecule has 1 aromatic carbocycles. The molecule has 1 amide bonds. The molecule has 0 aliphatic carbocycles. The van der Waals surface area contributed by atoms with Crippen LogP contribution in [0.15, 0.2) is 30.3 Å². The van der Waals surface area contributed by atoms with Gasteiger partial charge in [0.1, 0.15) is 0 Å². The van der Waals surface area contributed by atoms with Crippen LogP contribution in [-0.2, 0) is 15.0 Å². The van der Waals surface area contributed by atoms with Gasteiger partial charge in [-0.3, -0.25) is 9.63 Å². The Kier molecular flexibility index (Phi) is 3.99. The average molecular weight is 248 g/mol. The normalized spacial score (nSPS) is 18.3. The van der Waals surface area contributed by atoms with E-state index in [1.54, 1.807) is 7.05 Å². The van der Waals surface area contributed by atoms with E-state index in [0.29, 0.717) is 0 Å². The lowest BCUT2D eigenvalue weighted by Crippen LogP contribution is -2.50. The molecule has 1 aliphatic rings. The predicted octanol–water partition coefficient (Wildman–Crippen LogP) is 1.33. The first-order chi connectivity index (χ1) is 8.70. The van der Waals surface area contributed by atoms with Crippen molar-refractivity contribution in [2.75, 3.05) is 27.2 Å². The molecule has 98 valence electrons. The summed E-state index contributed by atoms with van der Waals surface area (Å²) in [5.74, 6) is 0.0395. The molecule has 1 saturated heterocycles. The number of hydrogen-bond donors (Lipinski definition) is 1. The summed E-state index contributed by atoms with van der Waals surface area (Å²) in [7, 11) is 3.20. The molecular weight excluding hydrogens is 228 g/mol. The van der Waals surface area contributed by atoms with Gasteiger partial charge < -0.3 is 5.32 Å². The standard InChI is InChI=1S/C14H20N2O2/c1-16(18-2)13(17)14(8-10-15-11-9-14)12-6-4-3-5-7-12/h3-7,15H,8-11H2,1-2H3. The number of hydroxylamine groups is 2. The molecule has 1 aliphatic heterocycles. The lowest BCUT2D eigenvalue weighted by atomic mass is 9.72. The molecule has 4 heteroatoms. The molecule has 1 heterocycles. The van der Waals surface area contributed by atoms with Crippen molar-refractivity contribution in [1.29, 1.82) is 0 Å². The third-order valence-corrected chi connectivity index (χ3v) is 3.75. The molecule has 0 atom stereocenters. The van der Waals surface area contributed by atoms with Gasteiger partial charge in [-0.05, 0) is 31.5 Å². The number of carbonyl (C=O) groups excluding carboxylic acids is 1. The Labute approximate surface area is 108 Å². The van der Waals surface area contributed by atoms with Crippen molar-refractivity contribution in [3.05, 3.63) is 35.9 Å². The fourth-order valence-electron chi connectivity index (χ4n) is 2.62. The molecule has 0 aromatic heterocycles. The Bertz CT molecular complexity index is 400. The Morgan fingerprint density at radius 2 is 1.89 bits per heavy atom. The summed E-state index contributed by atoms with van der Waals surface area (Å²) in [6, 6.07) is 10.0. The summed E-state index contributed by atoms with van der Waals surface area (Å²) in [5, 5.41) is 4.66. The molecule has 1 aromatic rings. The van der Waals surface area contributed by atoms with E-state index in [1.165, 1.54) is 12.2 Å². The van der Waals surface area contributed by atoms with Crippen LogP contribution in [-0.4, -0.2) is 38.2 Å². The Balaban J connectivity index is 2.37. The van der Waals surface area contributed by atoms with Crippen molar-refractivity contribution in [2.24, 2.45) is 0 Å². The van der Waals surface area contributed by atoms with Crippen LogP contribution in [0.1, 0.15) is 18.4 Å². The van der Waals surface area contributed by atoms with Gasteiger partial charge in [-0.25, -0.2) is 5.06 Å². The van der Waals surface area contributed by atoms with E-state index < -0.39 is 5.41 Å². The smallest absolute Gasteiger partial charge is 0.256 e. The number of piperidine rings is 1. The second-order valence-electron chi connectivity index (χ2n) is 4.68. The number of carbonyl (C=O) groups is 1. The molecule has 1 fully saturated rings. The molecule has 2 rings (SSSR count). The van der Waals surface area contributed by atoms with E-state index in [0.717, 1.165) is 31.5 Å².